The smallest absolute Gasteiger partial charge is 0.233 e. The fourth-order valence-corrected chi connectivity index (χ4v) is 4.31. The van der Waals surface area contributed by atoms with E-state index in [2.05, 4.69) is 30.9 Å². The molecule has 0 aliphatic carbocycles. The molecule has 0 aliphatic rings. The maximum Gasteiger partial charge on any atom is 0.233 e. The number of aromatic nitrogens is 1. The molecule has 154 valence electrons. The largest absolute Gasteiger partial charge is 0.494 e. The lowest BCUT2D eigenvalue weighted by atomic mass is 10.1. The number of amides is 1. The van der Waals surface area contributed by atoms with Crippen molar-refractivity contribution in [2.24, 2.45) is 0 Å². The van der Waals surface area contributed by atoms with Gasteiger partial charge in [0, 0.05) is 13.1 Å². The normalized spacial score (nSPS) is 11.2. The number of benzene rings is 2. The minimum atomic E-state index is 0.0597. The first kappa shape index (κ1) is 21.3. The molecule has 1 heterocycles. The van der Waals surface area contributed by atoms with Crippen LogP contribution >= 0.6 is 11.3 Å². The number of ether oxygens (including phenoxy) is 1. The summed E-state index contributed by atoms with van der Waals surface area (Å²) in [6.07, 6.45) is 0.341. The first-order valence-electron chi connectivity index (χ1n) is 9.92. The third-order valence-corrected chi connectivity index (χ3v) is 5.93. The molecule has 0 unspecified atom stereocenters. The van der Waals surface area contributed by atoms with Crippen LogP contribution in [0.5, 0.6) is 5.75 Å². The Morgan fingerprint density at radius 2 is 1.83 bits per heavy atom. The summed E-state index contributed by atoms with van der Waals surface area (Å²) in [6.45, 7) is 8.16. The Labute approximate surface area is 176 Å². The van der Waals surface area contributed by atoms with Crippen molar-refractivity contribution in [1.82, 2.24) is 9.88 Å². The third kappa shape index (κ3) is 5.34. The van der Waals surface area contributed by atoms with Crippen LogP contribution in [0.3, 0.4) is 0 Å². The predicted octanol–water partition coefficient (Wildman–Crippen LogP) is 4.45. The van der Waals surface area contributed by atoms with Crippen molar-refractivity contribution < 1.29 is 9.53 Å². The minimum absolute atomic E-state index is 0.0597. The summed E-state index contributed by atoms with van der Waals surface area (Å²) < 4.78 is 6.64. The molecule has 2 aromatic carbocycles. The van der Waals surface area contributed by atoms with Crippen molar-refractivity contribution in [2.75, 3.05) is 38.7 Å². The number of aryl methyl sites for hydroxylation is 2. The van der Waals surface area contributed by atoms with Crippen LogP contribution in [0.25, 0.3) is 10.2 Å². The number of hydrogen-bond acceptors (Lipinski definition) is 5. The molecule has 0 saturated carbocycles. The number of thiazole rings is 1. The molecule has 5 nitrogen and oxygen atoms in total. The molecule has 3 aromatic rings. The van der Waals surface area contributed by atoms with Gasteiger partial charge in [-0.2, -0.15) is 0 Å². The lowest BCUT2D eigenvalue weighted by molar-refractivity contribution is -0.118. The fourth-order valence-electron chi connectivity index (χ4n) is 3.25. The second kappa shape index (κ2) is 9.37. The quantitative estimate of drug-likeness (QED) is 0.549. The van der Waals surface area contributed by atoms with Gasteiger partial charge in [0.1, 0.15) is 5.75 Å². The van der Waals surface area contributed by atoms with Crippen LogP contribution in [0.2, 0.25) is 0 Å². The fraction of sp³-hybridized carbons (Fsp3) is 0.391. The maximum atomic E-state index is 13.2. The van der Waals surface area contributed by atoms with E-state index in [1.54, 1.807) is 11.3 Å². The van der Waals surface area contributed by atoms with Crippen LogP contribution in [-0.2, 0) is 11.2 Å². The van der Waals surface area contributed by atoms with Crippen molar-refractivity contribution in [3.63, 3.8) is 0 Å². The number of rotatable bonds is 8. The maximum absolute atomic E-state index is 13.2. The van der Waals surface area contributed by atoms with E-state index in [1.807, 2.05) is 50.2 Å². The predicted molar refractivity (Wildman–Crippen MR) is 121 cm³/mol. The second-order valence-corrected chi connectivity index (χ2v) is 8.51. The molecule has 3 rings (SSSR count). The summed E-state index contributed by atoms with van der Waals surface area (Å²) in [7, 11) is 4.03. The van der Waals surface area contributed by atoms with E-state index in [4.69, 9.17) is 9.72 Å². The van der Waals surface area contributed by atoms with Crippen LogP contribution in [0.1, 0.15) is 23.6 Å². The summed E-state index contributed by atoms with van der Waals surface area (Å²) >= 11 is 1.60. The van der Waals surface area contributed by atoms with Crippen LogP contribution < -0.4 is 9.64 Å². The van der Waals surface area contributed by atoms with Gasteiger partial charge in [0.05, 0.1) is 23.2 Å². The molecule has 0 bridgehead atoms. The van der Waals surface area contributed by atoms with Gasteiger partial charge in [-0.3, -0.25) is 9.69 Å². The lowest BCUT2D eigenvalue weighted by Gasteiger charge is -2.22. The highest BCUT2D eigenvalue weighted by atomic mass is 32.1. The first-order chi connectivity index (χ1) is 13.9. The standard InChI is InChI=1S/C23H29N3O2S/c1-6-28-19-9-7-18(8-10-19)15-21(27)26(12-11-25(4)5)23-24-20-14-16(2)13-17(3)22(20)29-23/h7-10,13-14H,6,11-12,15H2,1-5H3. The number of hydrogen-bond donors (Lipinski definition) is 0. The number of carbonyl (C=O) groups excluding carboxylic acids is 1. The van der Waals surface area contributed by atoms with Gasteiger partial charge in [0.2, 0.25) is 5.91 Å². The molecular formula is C23H29N3O2S. The Bertz CT molecular complexity index is 980. The van der Waals surface area contributed by atoms with E-state index in [9.17, 15) is 4.79 Å². The summed E-state index contributed by atoms with van der Waals surface area (Å²) in [5.74, 6) is 0.884. The van der Waals surface area contributed by atoms with Crippen molar-refractivity contribution in [3.8, 4) is 5.75 Å². The van der Waals surface area contributed by atoms with E-state index in [0.29, 0.717) is 19.6 Å². The Balaban J connectivity index is 1.86. The average molecular weight is 412 g/mol. The molecule has 29 heavy (non-hydrogen) atoms. The van der Waals surface area contributed by atoms with E-state index < -0.39 is 0 Å². The van der Waals surface area contributed by atoms with Crippen LogP contribution in [0, 0.1) is 13.8 Å². The topological polar surface area (TPSA) is 45.7 Å². The molecular weight excluding hydrogens is 382 g/mol. The Morgan fingerprint density at radius 3 is 2.48 bits per heavy atom. The van der Waals surface area contributed by atoms with Gasteiger partial charge in [-0.05, 0) is 69.8 Å². The van der Waals surface area contributed by atoms with Crippen molar-refractivity contribution >= 4 is 32.6 Å². The highest BCUT2D eigenvalue weighted by Gasteiger charge is 2.21. The molecule has 0 atom stereocenters. The molecule has 0 aliphatic heterocycles. The van der Waals surface area contributed by atoms with E-state index in [0.717, 1.165) is 33.2 Å². The van der Waals surface area contributed by atoms with Crippen LogP contribution in [-0.4, -0.2) is 49.6 Å². The number of nitrogens with zero attached hydrogens (tertiary/aromatic N) is 3. The van der Waals surface area contributed by atoms with Gasteiger partial charge < -0.3 is 9.64 Å². The molecule has 1 aromatic heterocycles. The van der Waals surface area contributed by atoms with Crippen LogP contribution in [0.15, 0.2) is 36.4 Å². The number of fused-ring (bicyclic) bond motifs is 1. The number of anilines is 1. The van der Waals surface area contributed by atoms with E-state index in [1.165, 1.54) is 11.1 Å². The van der Waals surface area contributed by atoms with E-state index in [-0.39, 0.29) is 5.91 Å². The monoisotopic (exact) mass is 411 g/mol. The number of likely N-dealkylation sites (N-methyl/N-ethyl adjacent to an activating group) is 1. The molecule has 0 fully saturated rings. The zero-order valence-corrected chi connectivity index (χ0v) is 18.7. The highest BCUT2D eigenvalue weighted by molar-refractivity contribution is 7.22. The summed E-state index contributed by atoms with van der Waals surface area (Å²) in [4.78, 5) is 21.9. The van der Waals surface area contributed by atoms with Gasteiger partial charge in [-0.25, -0.2) is 4.98 Å². The third-order valence-electron chi connectivity index (χ3n) is 4.70. The Hall–Kier alpha value is -2.44. The summed E-state index contributed by atoms with van der Waals surface area (Å²) in [5, 5.41) is 0.770. The average Bonchev–Trinajstić information content (AvgIpc) is 3.07. The summed E-state index contributed by atoms with van der Waals surface area (Å²) in [6, 6.07) is 12.0. The zero-order chi connectivity index (χ0) is 21.0. The van der Waals surface area contributed by atoms with E-state index >= 15 is 0 Å². The Morgan fingerprint density at radius 1 is 1.10 bits per heavy atom. The molecule has 0 saturated heterocycles. The Kier molecular flexibility index (Phi) is 6.87. The van der Waals surface area contributed by atoms with Crippen molar-refractivity contribution in [3.05, 3.63) is 53.1 Å². The van der Waals surface area contributed by atoms with Gasteiger partial charge >= 0.3 is 0 Å². The van der Waals surface area contributed by atoms with Crippen LogP contribution in [0.4, 0.5) is 5.13 Å². The van der Waals surface area contributed by atoms with Gasteiger partial charge in [-0.1, -0.05) is 29.5 Å². The van der Waals surface area contributed by atoms with Crippen molar-refractivity contribution in [1.29, 1.82) is 0 Å². The first-order valence-corrected chi connectivity index (χ1v) is 10.7. The highest BCUT2D eigenvalue weighted by Crippen LogP contribution is 2.32. The molecule has 1 amide bonds. The minimum Gasteiger partial charge on any atom is -0.494 e. The molecule has 6 heteroatoms. The SMILES string of the molecule is CCOc1ccc(CC(=O)N(CCN(C)C)c2nc3cc(C)cc(C)c3s2)cc1. The zero-order valence-electron chi connectivity index (χ0n) is 17.9. The van der Waals surface area contributed by atoms with Crippen molar-refractivity contribution in [2.45, 2.75) is 27.2 Å². The van der Waals surface area contributed by atoms with Gasteiger partial charge in [0.25, 0.3) is 0 Å². The number of carbonyl (C=O) groups is 1. The van der Waals surface area contributed by atoms with Gasteiger partial charge in [0.15, 0.2) is 5.13 Å². The van der Waals surface area contributed by atoms with Gasteiger partial charge in [-0.15, -0.1) is 0 Å². The molecule has 0 N–H and O–H groups in total. The molecule has 0 radical (unpaired) electrons. The lowest BCUT2D eigenvalue weighted by Crippen LogP contribution is -2.37. The second-order valence-electron chi connectivity index (χ2n) is 7.53. The summed E-state index contributed by atoms with van der Waals surface area (Å²) in [5.41, 5.74) is 4.33. The molecule has 0 spiro atoms.